The zero-order valence-electron chi connectivity index (χ0n) is 13.6. The number of anilines is 3. The van der Waals surface area contributed by atoms with Gasteiger partial charge in [-0.1, -0.05) is 35.3 Å². The van der Waals surface area contributed by atoms with E-state index < -0.39 is 11.7 Å². The van der Waals surface area contributed by atoms with Gasteiger partial charge in [-0.2, -0.15) is 0 Å². The molecule has 26 heavy (non-hydrogen) atoms. The van der Waals surface area contributed by atoms with Crippen LogP contribution in [0.4, 0.5) is 21.6 Å². The molecule has 1 amide bonds. The van der Waals surface area contributed by atoms with Crippen LogP contribution < -0.4 is 10.6 Å². The maximum atomic E-state index is 13.7. The molecule has 0 atom stereocenters. The molecule has 0 bridgehead atoms. The minimum Gasteiger partial charge on any atom is -0.340 e. The molecule has 8 heteroatoms. The number of amides is 1. The van der Waals surface area contributed by atoms with Gasteiger partial charge in [0.15, 0.2) is 0 Å². The summed E-state index contributed by atoms with van der Waals surface area (Å²) in [5.41, 5.74) is 0.828. The van der Waals surface area contributed by atoms with Gasteiger partial charge < -0.3 is 10.6 Å². The molecule has 0 aliphatic rings. The van der Waals surface area contributed by atoms with Crippen LogP contribution in [0.25, 0.3) is 0 Å². The number of carbonyl (C=O) groups is 1. The highest BCUT2D eigenvalue weighted by Crippen LogP contribution is 2.26. The molecule has 1 aromatic heterocycles. The molecule has 0 saturated carbocycles. The molecule has 0 aliphatic heterocycles. The Kier molecular flexibility index (Phi) is 5.35. The van der Waals surface area contributed by atoms with Crippen molar-refractivity contribution in [3.63, 3.8) is 0 Å². The standard InChI is InChI=1S/C18H13Cl2FN4O/c1-10-22-16(18(26)25-15-5-3-2-4-14(15)21)9-17(23-10)24-11-6-7-12(19)13(20)8-11/h2-9H,1H3,(H,25,26)(H,22,23,24). The SMILES string of the molecule is Cc1nc(Nc2ccc(Cl)c(Cl)c2)cc(C(=O)Nc2ccccc2F)n1. The van der Waals surface area contributed by atoms with Gasteiger partial charge in [0.25, 0.3) is 5.91 Å². The van der Waals surface area contributed by atoms with Crippen LogP contribution in [0.5, 0.6) is 0 Å². The molecular weight excluding hydrogens is 378 g/mol. The van der Waals surface area contributed by atoms with Crippen molar-refractivity contribution >= 4 is 46.3 Å². The van der Waals surface area contributed by atoms with Gasteiger partial charge in [-0.25, -0.2) is 14.4 Å². The van der Waals surface area contributed by atoms with Gasteiger partial charge >= 0.3 is 0 Å². The van der Waals surface area contributed by atoms with E-state index in [2.05, 4.69) is 20.6 Å². The Morgan fingerprint density at radius 3 is 2.54 bits per heavy atom. The van der Waals surface area contributed by atoms with Crippen molar-refractivity contribution in [1.29, 1.82) is 0 Å². The maximum absolute atomic E-state index is 13.7. The van der Waals surface area contributed by atoms with Crippen LogP contribution in [0.2, 0.25) is 10.0 Å². The number of rotatable bonds is 4. The van der Waals surface area contributed by atoms with Gasteiger partial charge in [0.05, 0.1) is 15.7 Å². The number of halogens is 3. The summed E-state index contributed by atoms with van der Waals surface area (Å²) in [6, 6.07) is 12.4. The highest BCUT2D eigenvalue weighted by Gasteiger charge is 2.13. The molecule has 2 N–H and O–H groups in total. The maximum Gasteiger partial charge on any atom is 0.274 e. The van der Waals surface area contributed by atoms with E-state index in [1.54, 1.807) is 37.3 Å². The van der Waals surface area contributed by atoms with Crippen molar-refractivity contribution in [2.45, 2.75) is 6.92 Å². The molecular formula is C18H13Cl2FN4O. The molecule has 0 saturated heterocycles. The van der Waals surface area contributed by atoms with E-state index in [4.69, 9.17) is 23.2 Å². The lowest BCUT2D eigenvalue weighted by Crippen LogP contribution is -2.16. The summed E-state index contributed by atoms with van der Waals surface area (Å²) in [6.45, 7) is 1.65. The Balaban J connectivity index is 1.84. The predicted octanol–water partition coefficient (Wildman–Crippen LogP) is 5.23. The summed E-state index contributed by atoms with van der Waals surface area (Å²) in [5.74, 6) is -0.290. The lowest BCUT2D eigenvalue weighted by atomic mass is 10.2. The van der Waals surface area contributed by atoms with Crippen LogP contribution in [0, 0.1) is 12.7 Å². The van der Waals surface area contributed by atoms with E-state index in [-0.39, 0.29) is 11.4 Å². The van der Waals surface area contributed by atoms with Crippen molar-refractivity contribution in [2.24, 2.45) is 0 Å². The first kappa shape index (κ1) is 18.1. The zero-order chi connectivity index (χ0) is 18.7. The zero-order valence-corrected chi connectivity index (χ0v) is 15.1. The molecule has 0 unspecified atom stereocenters. The molecule has 0 spiro atoms. The third kappa shape index (κ3) is 4.28. The van der Waals surface area contributed by atoms with E-state index in [1.165, 1.54) is 18.2 Å². The van der Waals surface area contributed by atoms with Crippen molar-refractivity contribution < 1.29 is 9.18 Å². The number of para-hydroxylation sites is 1. The number of nitrogens with zero attached hydrogens (tertiary/aromatic N) is 2. The highest BCUT2D eigenvalue weighted by atomic mass is 35.5. The first-order valence-corrected chi connectivity index (χ1v) is 8.31. The number of aromatic nitrogens is 2. The highest BCUT2D eigenvalue weighted by molar-refractivity contribution is 6.42. The van der Waals surface area contributed by atoms with Crippen molar-refractivity contribution in [2.75, 3.05) is 10.6 Å². The molecule has 0 radical (unpaired) electrons. The summed E-state index contributed by atoms with van der Waals surface area (Å²) in [5, 5.41) is 6.35. The molecule has 0 fully saturated rings. The van der Waals surface area contributed by atoms with Crippen molar-refractivity contribution in [1.82, 2.24) is 9.97 Å². The fourth-order valence-electron chi connectivity index (χ4n) is 2.22. The molecule has 5 nitrogen and oxygen atoms in total. The van der Waals surface area contributed by atoms with Crippen LogP contribution in [-0.2, 0) is 0 Å². The number of hydrogen-bond donors (Lipinski definition) is 2. The monoisotopic (exact) mass is 390 g/mol. The fraction of sp³-hybridized carbons (Fsp3) is 0.0556. The van der Waals surface area contributed by atoms with Crippen LogP contribution >= 0.6 is 23.2 Å². The van der Waals surface area contributed by atoms with Crippen molar-refractivity contribution in [3.8, 4) is 0 Å². The van der Waals surface area contributed by atoms with Gasteiger partial charge in [0.1, 0.15) is 23.2 Å². The molecule has 3 rings (SSSR count). The van der Waals surface area contributed by atoms with Gasteiger partial charge in [-0.3, -0.25) is 4.79 Å². The number of nitrogens with one attached hydrogen (secondary N) is 2. The second-order valence-corrected chi connectivity index (χ2v) is 6.19. The first-order valence-electron chi connectivity index (χ1n) is 7.56. The summed E-state index contributed by atoms with van der Waals surface area (Å²) >= 11 is 11.9. The average molecular weight is 391 g/mol. The van der Waals surface area contributed by atoms with Gasteiger partial charge in [-0.05, 0) is 37.3 Å². The number of carbonyl (C=O) groups excluding carboxylic acids is 1. The Morgan fingerprint density at radius 1 is 1.04 bits per heavy atom. The second kappa shape index (κ2) is 7.68. The van der Waals surface area contributed by atoms with Crippen LogP contribution in [0.15, 0.2) is 48.5 Å². The second-order valence-electron chi connectivity index (χ2n) is 5.37. The van der Waals surface area contributed by atoms with E-state index in [0.29, 0.717) is 27.4 Å². The topological polar surface area (TPSA) is 66.9 Å². The van der Waals surface area contributed by atoms with Crippen LogP contribution in [-0.4, -0.2) is 15.9 Å². The van der Waals surface area contributed by atoms with Crippen molar-refractivity contribution in [3.05, 3.63) is 75.9 Å². The van der Waals surface area contributed by atoms with E-state index in [1.807, 2.05) is 0 Å². The quantitative estimate of drug-likeness (QED) is 0.640. The Morgan fingerprint density at radius 2 is 1.81 bits per heavy atom. The number of benzene rings is 2. The summed E-state index contributed by atoms with van der Waals surface area (Å²) < 4.78 is 13.7. The van der Waals surface area contributed by atoms with Gasteiger partial charge in [0.2, 0.25) is 0 Å². The van der Waals surface area contributed by atoms with Crippen LogP contribution in [0.1, 0.15) is 16.3 Å². The molecule has 132 valence electrons. The summed E-state index contributed by atoms with van der Waals surface area (Å²) in [4.78, 5) is 20.7. The molecule has 2 aromatic carbocycles. The van der Waals surface area contributed by atoms with Crippen LogP contribution in [0.3, 0.4) is 0 Å². The van der Waals surface area contributed by atoms with Gasteiger partial charge in [-0.15, -0.1) is 0 Å². The lowest BCUT2D eigenvalue weighted by Gasteiger charge is -2.10. The first-order chi connectivity index (χ1) is 12.4. The summed E-state index contributed by atoms with van der Waals surface area (Å²) in [6.07, 6.45) is 0. The number of hydrogen-bond acceptors (Lipinski definition) is 4. The molecule has 0 aliphatic carbocycles. The van der Waals surface area contributed by atoms with Gasteiger partial charge in [0, 0.05) is 11.8 Å². The molecule has 3 aromatic rings. The smallest absolute Gasteiger partial charge is 0.274 e. The Labute approximate surface area is 159 Å². The predicted molar refractivity (Wildman–Crippen MR) is 101 cm³/mol. The third-order valence-electron chi connectivity index (χ3n) is 3.38. The normalized spacial score (nSPS) is 10.5. The number of aryl methyl sites for hydroxylation is 1. The summed E-state index contributed by atoms with van der Waals surface area (Å²) in [7, 11) is 0. The minimum atomic E-state index is -0.544. The molecule has 1 heterocycles. The largest absolute Gasteiger partial charge is 0.340 e. The Bertz CT molecular complexity index is 981. The minimum absolute atomic E-state index is 0.0766. The van der Waals surface area contributed by atoms with E-state index >= 15 is 0 Å². The lowest BCUT2D eigenvalue weighted by molar-refractivity contribution is 0.102. The van der Waals surface area contributed by atoms with E-state index in [0.717, 1.165) is 0 Å². The Hall–Kier alpha value is -2.70. The van der Waals surface area contributed by atoms with E-state index in [9.17, 15) is 9.18 Å². The third-order valence-corrected chi connectivity index (χ3v) is 4.12. The average Bonchev–Trinajstić information content (AvgIpc) is 2.59. The fourth-order valence-corrected chi connectivity index (χ4v) is 2.52.